The molecule has 3 aromatic rings. The lowest BCUT2D eigenvalue weighted by molar-refractivity contribution is 0.0725. The monoisotopic (exact) mass is 411 g/mol. The van der Waals surface area contributed by atoms with E-state index in [1.807, 2.05) is 41.8 Å². The Kier molecular flexibility index (Phi) is 5.33. The fourth-order valence-corrected chi connectivity index (χ4v) is 6.06. The summed E-state index contributed by atoms with van der Waals surface area (Å²) in [5.41, 5.74) is 1.74. The van der Waals surface area contributed by atoms with Gasteiger partial charge in [-0.25, -0.2) is 8.42 Å². The number of carbonyl (C=O) groups excluding carboxylic acids is 1. The van der Waals surface area contributed by atoms with Crippen molar-refractivity contribution in [2.24, 2.45) is 0 Å². The van der Waals surface area contributed by atoms with Gasteiger partial charge in [0.25, 0.3) is 5.91 Å². The fraction of sp³-hybridized carbons (Fsp3) is 0.227. The number of hydrogen-bond donors (Lipinski definition) is 0. The van der Waals surface area contributed by atoms with Gasteiger partial charge in [-0.2, -0.15) is 0 Å². The van der Waals surface area contributed by atoms with Crippen LogP contribution in [0.4, 0.5) is 0 Å². The van der Waals surface area contributed by atoms with Gasteiger partial charge >= 0.3 is 0 Å². The summed E-state index contributed by atoms with van der Waals surface area (Å²) in [5, 5.41) is 1.60. The van der Waals surface area contributed by atoms with E-state index >= 15 is 0 Å². The molecule has 0 atom stereocenters. The molecule has 144 valence electrons. The molecular formula is C22H21NO3S2. The van der Waals surface area contributed by atoms with Gasteiger partial charge in [-0.05, 0) is 54.1 Å². The largest absolute Gasteiger partial charge is 0.339 e. The lowest BCUT2D eigenvalue weighted by Gasteiger charge is -2.31. The summed E-state index contributed by atoms with van der Waals surface area (Å²) < 4.78 is 25.6. The molecule has 2 aromatic carbocycles. The third kappa shape index (κ3) is 3.75. The molecule has 4 nitrogen and oxygen atoms in total. The van der Waals surface area contributed by atoms with Crippen LogP contribution in [0.2, 0.25) is 0 Å². The average Bonchev–Trinajstić information content (AvgIpc) is 3.29. The Bertz CT molecular complexity index is 1030. The molecule has 0 bridgehead atoms. The summed E-state index contributed by atoms with van der Waals surface area (Å²) in [6.07, 6.45) is 0.937. The molecule has 0 N–H and O–H groups in total. The van der Waals surface area contributed by atoms with Crippen LogP contribution in [0.15, 0.2) is 77.0 Å². The van der Waals surface area contributed by atoms with E-state index in [2.05, 4.69) is 6.07 Å². The summed E-state index contributed by atoms with van der Waals surface area (Å²) in [6, 6.07) is 20.3. The van der Waals surface area contributed by atoms with Gasteiger partial charge < -0.3 is 4.90 Å². The molecule has 0 saturated carbocycles. The predicted octanol–water partition coefficient (Wildman–Crippen LogP) is 4.49. The normalized spacial score (nSPS) is 15.5. The highest BCUT2D eigenvalue weighted by Crippen LogP contribution is 2.27. The maximum Gasteiger partial charge on any atom is 0.253 e. The predicted molar refractivity (Wildman–Crippen MR) is 112 cm³/mol. The highest BCUT2D eigenvalue weighted by atomic mass is 32.2. The number of rotatable bonds is 4. The summed E-state index contributed by atoms with van der Waals surface area (Å²) in [4.78, 5) is 16.1. The first-order valence-corrected chi connectivity index (χ1v) is 11.7. The molecule has 0 spiro atoms. The SMILES string of the molecule is O=C(c1ccc(-c2cccs2)cc1)N1CCC(S(=O)(=O)c2ccccc2)CC1. The van der Waals surface area contributed by atoms with Crippen molar-refractivity contribution in [1.82, 2.24) is 4.90 Å². The van der Waals surface area contributed by atoms with Crippen molar-refractivity contribution in [3.8, 4) is 10.4 Å². The van der Waals surface area contributed by atoms with Gasteiger partial charge in [0.15, 0.2) is 9.84 Å². The van der Waals surface area contributed by atoms with Gasteiger partial charge in [0.2, 0.25) is 0 Å². The quantitative estimate of drug-likeness (QED) is 0.635. The van der Waals surface area contributed by atoms with Crippen LogP contribution in [-0.4, -0.2) is 37.6 Å². The Morgan fingerprint density at radius 3 is 2.18 bits per heavy atom. The molecule has 28 heavy (non-hydrogen) atoms. The van der Waals surface area contributed by atoms with Gasteiger partial charge in [-0.1, -0.05) is 36.4 Å². The van der Waals surface area contributed by atoms with Gasteiger partial charge in [-0.3, -0.25) is 4.79 Å². The lowest BCUT2D eigenvalue weighted by atomic mass is 10.1. The van der Waals surface area contributed by atoms with Crippen LogP contribution in [0.1, 0.15) is 23.2 Å². The van der Waals surface area contributed by atoms with E-state index in [9.17, 15) is 13.2 Å². The number of hydrogen-bond acceptors (Lipinski definition) is 4. The third-order valence-corrected chi connectivity index (χ3v) is 8.37. The Labute approximate surface area is 169 Å². The number of amides is 1. The Morgan fingerprint density at radius 1 is 0.893 bits per heavy atom. The molecule has 1 saturated heterocycles. The maximum atomic E-state index is 12.8. The van der Waals surface area contributed by atoms with E-state index in [1.165, 1.54) is 4.88 Å². The molecule has 6 heteroatoms. The number of carbonyl (C=O) groups is 1. The number of thiophene rings is 1. The molecule has 0 unspecified atom stereocenters. The zero-order valence-electron chi connectivity index (χ0n) is 15.3. The van der Waals surface area contributed by atoms with E-state index < -0.39 is 15.1 Å². The lowest BCUT2D eigenvalue weighted by Crippen LogP contribution is -2.42. The fourth-order valence-electron chi connectivity index (χ4n) is 3.57. The summed E-state index contributed by atoms with van der Waals surface area (Å²) >= 11 is 1.67. The van der Waals surface area contributed by atoms with E-state index in [0.717, 1.165) is 5.56 Å². The molecule has 1 aliphatic rings. The molecular weight excluding hydrogens is 390 g/mol. The molecule has 1 amide bonds. The Balaban J connectivity index is 1.41. The van der Waals surface area contributed by atoms with E-state index in [-0.39, 0.29) is 5.91 Å². The summed E-state index contributed by atoms with van der Waals surface area (Å²) in [6.45, 7) is 0.921. The molecule has 1 aromatic heterocycles. The van der Waals surface area contributed by atoms with Gasteiger partial charge in [0.05, 0.1) is 10.1 Å². The van der Waals surface area contributed by atoms with E-state index in [0.29, 0.717) is 36.4 Å². The highest BCUT2D eigenvalue weighted by molar-refractivity contribution is 7.92. The van der Waals surface area contributed by atoms with Crippen LogP contribution in [-0.2, 0) is 9.84 Å². The Morgan fingerprint density at radius 2 is 1.57 bits per heavy atom. The smallest absolute Gasteiger partial charge is 0.253 e. The van der Waals surface area contributed by atoms with Crippen LogP contribution in [0.25, 0.3) is 10.4 Å². The second kappa shape index (κ2) is 7.89. The van der Waals surface area contributed by atoms with Crippen LogP contribution in [0.3, 0.4) is 0 Å². The molecule has 4 rings (SSSR count). The number of benzene rings is 2. The molecule has 1 fully saturated rings. The number of piperidine rings is 1. The minimum Gasteiger partial charge on any atom is -0.339 e. The van der Waals surface area contributed by atoms with Crippen molar-refractivity contribution in [2.75, 3.05) is 13.1 Å². The minimum absolute atomic E-state index is 0.0340. The van der Waals surface area contributed by atoms with Crippen molar-refractivity contribution in [3.05, 3.63) is 77.7 Å². The maximum absolute atomic E-state index is 12.8. The first-order valence-electron chi connectivity index (χ1n) is 9.28. The zero-order chi connectivity index (χ0) is 19.6. The summed E-state index contributed by atoms with van der Waals surface area (Å²) in [7, 11) is -3.34. The van der Waals surface area contributed by atoms with Crippen molar-refractivity contribution in [1.29, 1.82) is 0 Å². The van der Waals surface area contributed by atoms with Crippen LogP contribution in [0.5, 0.6) is 0 Å². The highest BCUT2D eigenvalue weighted by Gasteiger charge is 2.32. The second-order valence-corrected chi connectivity index (χ2v) is 10.1. The topological polar surface area (TPSA) is 54.5 Å². The van der Waals surface area contributed by atoms with Gasteiger partial charge in [-0.15, -0.1) is 11.3 Å². The summed E-state index contributed by atoms with van der Waals surface area (Å²) in [5.74, 6) is -0.0340. The van der Waals surface area contributed by atoms with Crippen molar-refractivity contribution in [2.45, 2.75) is 23.0 Å². The number of nitrogens with zero attached hydrogens (tertiary/aromatic N) is 1. The Hall–Kier alpha value is -2.44. The van der Waals surface area contributed by atoms with Crippen LogP contribution < -0.4 is 0 Å². The average molecular weight is 412 g/mol. The number of sulfone groups is 1. The van der Waals surface area contributed by atoms with Crippen LogP contribution >= 0.6 is 11.3 Å². The third-order valence-electron chi connectivity index (χ3n) is 5.18. The number of likely N-dealkylation sites (tertiary alicyclic amines) is 1. The second-order valence-electron chi connectivity index (χ2n) is 6.90. The van der Waals surface area contributed by atoms with Crippen molar-refractivity contribution < 1.29 is 13.2 Å². The van der Waals surface area contributed by atoms with E-state index in [4.69, 9.17) is 0 Å². The molecule has 2 heterocycles. The molecule has 1 aliphatic heterocycles. The standard InChI is InChI=1S/C22H21NO3S2/c24-22(18-10-8-17(9-11-18)21-7-4-16-27-21)23-14-12-20(13-15-23)28(25,26)19-5-2-1-3-6-19/h1-11,16,20H,12-15H2. The van der Waals surface area contributed by atoms with E-state index in [1.54, 1.807) is 40.5 Å². The van der Waals surface area contributed by atoms with Crippen LogP contribution in [0, 0.1) is 0 Å². The van der Waals surface area contributed by atoms with Crippen molar-refractivity contribution in [3.63, 3.8) is 0 Å². The van der Waals surface area contributed by atoms with Crippen molar-refractivity contribution >= 4 is 27.1 Å². The minimum atomic E-state index is -3.34. The first-order chi connectivity index (χ1) is 13.6. The molecule has 0 radical (unpaired) electrons. The van der Waals surface area contributed by atoms with Gasteiger partial charge in [0.1, 0.15) is 0 Å². The molecule has 0 aliphatic carbocycles. The zero-order valence-corrected chi connectivity index (χ0v) is 17.0. The first kappa shape index (κ1) is 18.9. The van der Waals surface area contributed by atoms with Gasteiger partial charge in [0, 0.05) is 23.5 Å².